The lowest BCUT2D eigenvalue weighted by molar-refractivity contribution is -0.151. The van der Waals surface area contributed by atoms with Crippen LogP contribution >= 0.6 is 0 Å². The number of carboxylic acid groups (broad SMARTS) is 1. The number of carbonyl (C=O) groups is 4. The van der Waals surface area contributed by atoms with Gasteiger partial charge in [0, 0.05) is 13.8 Å². The predicted molar refractivity (Wildman–Crippen MR) is 69.4 cm³/mol. The number of hydrogen-bond donors (Lipinski definition) is 1. The maximum atomic E-state index is 11.8. The number of nitrogens with zero attached hydrogens (tertiary/aromatic N) is 2. The molecule has 1 aromatic carbocycles. The van der Waals surface area contributed by atoms with Crippen molar-refractivity contribution < 1.29 is 24.3 Å². The molecule has 0 aliphatic heterocycles. The summed E-state index contributed by atoms with van der Waals surface area (Å²) >= 11 is 0. The number of aliphatic carboxylic acids is 1. The van der Waals surface area contributed by atoms with Gasteiger partial charge < -0.3 is 5.11 Å². The van der Waals surface area contributed by atoms with Crippen LogP contribution in [0.3, 0.4) is 0 Å². The molecular formula is C13H14N2O5. The van der Waals surface area contributed by atoms with Crippen LogP contribution in [-0.2, 0) is 19.2 Å². The second-order valence-electron chi connectivity index (χ2n) is 3.96. The topological polar surface area (TPSA) is 95.0 Å². The highest BCUT2D eigenvalue weighted by atomic mass is 16.4. The molecule has 1 N–H and O–H groups in total. The van der Waals surface area contributed by atoms with Crippen molar-refractivity contribution in [2.75, 3.05) is 5.01 Å². The third kappa shape index (κ3) is 3.64. The van der Waals surface area contributed by atoms with E-state index in [-0.39, 0.29) is 0 Å². The van der Waals surface area contributed by atoms with Crippen molar-refractivity contribution in [1.82, 2.24) is 5.01 Å². The first kappa shape index (κ1) is 15.4. The van der Waals surface area contributed by atoms with Gasteiger partial charge in [-0.1, -0.05) is 18.2 Å². The molecule has 20 heavy (non-hydrogen) atoms. The van der Waals surface area contributed by atoms with Crippen molar-refractivity contribution in [3.63, 3.8) is 0 Å². The van der Waals surface area contributed by atoms with Crippen LogP contribution in [0, 0.1) is 0 Å². The molecule has 0 saturated carbocycles. The Kier molecular flexibility index (Phi) is 4.96. The molecule has 0 aromatic heterocycles. The molecule has 0 atom stereocenters. The Balaban J connectivity index is 3.21. The smallest absolute Gasteiger partial charge is 0.312 e. The molecule has 0 saturated heterocycles. The molecule has 0 aliphatic carbocycles. The van der Waals surface area contributed by atoms with Gasteiger partial charge in [-0.25, -0.2) is 5.01 Å². The molecule has 0 radical (unpaired) electrons. The number of hydrazine groups is 1. The number of rotatable bonds is 3. The molecule has 0 heterocycles. The molecule has 106 valence electrons. The fourth-order valence-corrected chi connectivity index (χ4v) is 1.64. The standard InChI is InChI=1S/C13H14N2O5/c1-9(16)14(11-6-4-3-5-7-11)15(10(2)17)12(18)8-13(19)20/h3-7H,8H2,1-2H3,(H,19,20). The van der Waals surface area contributed by atoms with Crippen LogP contribution in [0.25, 0.3) is 0 Å². The molecule has 1 rings (SSSR count). The molecule has 0 spiro atoms. The second kappa shape index (κ2) is 6.46. The summed E-state index contributed by atoms with van der Waals surface area (Å²) in [4.78, 5) is 45.8. The van der Waals surface area contributed by atoms with Gasteiger partial charge in [0.15, 0.2) is 0 Å². The molecule has 1 aromatic rings. The molecule has 7 heteroatoms. The average molecular weight is 278 g/mol. The van der Waals surface area contributed by atoms with Crippen molar-refractivity contribution in [1.29, 1.82) is 0 Å². The van der Waals surface area contributed by atoms with Crippen LogP contribution in [0.15, 0.2) is 30.3 Å². The number of anilines is 1. The zero-order chi connectivity index (χ0) is 15.3. The Hall–Kier alpha value is -2.70. The van der Waals surface area contributed by atoms with Gasteiger partial charge in [-0.15, -0.1) is 0 Å². The van der Waals surface area contributed by atoms with Gasteiger partial charge >= 0.3 is 5.97 Å². The third-order valence-electron chi connectivity index (χ3n) is 2.34. The summed E-state index contributed by atoms with van der Waals surface area (Å²) in [5, 5.41) is 10.0. The van der Waals surface area contributed by atoms with Crippen molar-refractivity contribution in [3.05, 3.63) is 30.3 Å². The van der Waals surface area contributed by atoms with E-state index < -0.39 is 30.1 Å². The van der Waals surface area contributed by atoms with E-state index in [2.05, 4.69) is 0 Å². The summed E-state index contributed by atoms with van der Waals surface area (Å²) < 4.78 is 0. The average Bonchev–Trinajstić information content (AvgIpc) is 2.34. The summed E-state index contributed by atoms with van der Waals surface area (Å²) in [7, 11) is 0. The molecule has 0 fully saturated rings. The van der Waals surface area contributed by atoms with Crippen molar-refractivity contribution >= 4 is 29.4 Å². The molecule has 7 nitrogen and oxygen atoms in total. The second-order valence-corrected chi connectivity index (χ2v) is 3.96. The van der Waals surface area contributed by atoms with Gasteiger partial charge in [-0.3, -0.25) is 19.2 Å². The molecule has 0 aliphatic rings. The van der Waals surface area contributed by atoms with E-state index in [0.717, 1.165) is 11.9 Å². The number of para-hydroxylation sites is 1. The molecule has 3 amide bonds. The SMILES string of the molecule is CC(=O)N(C(=O)CC(=O)O)N(C(C)=O)c1ccccc1. The lowest BCUT2D eigenvalue weighted by Gasteiger charge is -2.31. The first-order chi connectivity index (χ1) is 9.34. The monoisotopic (exact) mass is 278 g/mol. The van der Waals surface area contributed by atoms with Gasteiger partial charge in [0.2, 0.25) is 11.8 Å². The summed E-state index contributed by atoms with van der Waals surface area (Å²) in [6.45, 7) is 2.26. The van der Waals surface area contributed by atoms with E-state index in [1.54, 1.807) is 18.2 Å². The van der Waals surface area contributed by atoms with Gasteiger partial charge in [-0.2, -0.15) is 5.01 Å². The Bertz CT molecular complexity index is 541. The number of amides is 3. The zero-order valence-corrected chi connectivity index (χ0v) is 11.1. The highest BCUT2D eigenvalue weighted by molar-refractivity contribution is 6.07. The minimum Gasteiger partial charge on any atom is -0.481 e. The Labute approximate surface area is 115 Å². The zero-order valence-electron chi connectivity index (χ0n) is 11.1. The Morgan fingerprint density at radius 2 is 1.55 bits per heavy atom. The minimum absolute atomic E-state index is 0.300. The van der Waals surface area contributed by atoms with E-state index in [9.17, 15) is 19.2 Å². The first-order valence-corrected chi connectivity index (χ1v) is 5.75. The van der Waals surface area contributed by atoms with Crippen LogP contribution in [-0.4, -0.2) is 33.8 Å². The lowest BCUT2D eigenvalue weighted by Crippen LogP contribution is -2.52. The van der Waals surface area contributed by atoms with E-state index in [1.165, 1.54) is 19.1 Å². The summed E-state index contributed by atoms with van der Waals surface area (Å²) in [5.74, 6) is -3.68. The first-order valence-electron chi connectivity index (χ1n) is 5.75. The normalized spacial score (nSPS) is 9.70. The number of carbonyl (C=O) groups excluding carboxylic acids is 3. The molecular weight excluding hydrogens is 264 g/mol. The van der Waals surface area contributed by atoms with Crippen LogP contribution in [0.2, 0.25) is 0 Å². The quantitative estimate of drug-likeness (QED) is 0.652. The van der Waals surface area contributed by atoms with Gasteiger partial charge in [0.1, 0.15) is 6.42 Å². The van der Waals surface area contributed by atoms with E-state index in [0.29, 0.717) is 10.7 Å². The Morgan fingerprint density at radius 3 is 1.95 bits per heavy atom. The van der Waals surface area contributed by atoms with Crippen molar-refractivity contribution in [2.45, 2.75) is 20.3 Å². The number of carboxylic acids is 1. The molecule has 0 bridgehead atoms. The fourth-order valence-electron chi connectivity index (χ4n) is 1.64. The third-order valence-corrected chi connectivity index (χ3v) is 2.34. The maximum Gasteiger partial charge on any atom is 0.312 e. The highest BCUT2D eigenvalue weighted by Crippen LogP contribution is 2.17. The largest absolute Gasteiger partial charge is 0.481 e. The van der Waals surface area contributed by atoms with Gasteiger partial charge in [0.25, 0.3) is 5.91 Å². The Morgan fingerprint density at radius 1 is 1.00 bits per heavy atom. The van der Waals surface area contributed by atoms with Crippen LogP contribution in [0.4, 0.5) is 5.69 Å². The molecule has 0 unspecified atom stereocenters. The van der Waals surface area contributed by atoms with Crippen molar-refractivity contribution in [2.24, 2.45) is 0 Å². The van der Waals surface area contributed by atoms with E-state index in [1.807, 2.05) is 0 Å². The summed E-state index contributed by atoms with van der Waals surface area (Å²) in [6.07, 6.45) is -0.879. The summed E-state index contributed by atoms with van der Waals surface area (Å²) in [6, 6.07) is 8.03. The van der Waals surface area contributed by atoms with Crippen molar-refractivity contribution in [3.8, 4) is 0 Å². The minimum atomic E-state index is -1.38. The highest BCUT2D eigenvalue weighted by Gasteiger charge is 2.30. The van der Waals surface area contributed by atoms with Gasteiger partial charge in [0.05, 0.1) is 5.69 Å². The van der Waals surface area contributed by atoms with E-state index in [4.69, 9.17) is 5.11 Å². The predicted octanol–water partition coefficient (Wildman–Crippen LogP) is 0.804. The van der Waals surface area contributed by atoms with Crippen LogP contribution in [0.5, 0.6) is 0 Å². The maximum absolute atomic E-state index is 11.8. The van der Waals surface area contributed by atoms with Gasteiger partial charge in [-0.05, 0) is 12.1 Å². The number of imide groups is 1. The van der Waals surface area contributed by atoms with Crippen LogP contribution < -0.4 is 5.01 Å². The lowest BCUT2D eigenvalue weighted by atomic mass is 10.3. The van der Waals surface area contributed by atoms with Crippen LogP contribution in [0.1, 0.15) is 20.3 Å². The number of hydrogen-bond acceptors (Lipinski definition) is 4. The van der Waals surface area contributed by atoms with E-state index >= 15 is 0 Å². The number of benzene rings is 1. The summed E-state index contributed by atoms with van der Waals surface area (Å²) in [5.41, 5.74) is 0.300. The fraction of sp³-hybridized carbons (Fsp3) is 0.231.